The largest absolute Gasteiger partial charge is 0.381 e. The van der Waals surface area contributed by atoms with Crippen molar-refractivity contribution >= 4 is 17.7 Å². The Hall–Kier alpha value is -0.420. The highest BCUT2D eigenvalue weighted by atomic mass is 32.2. The molecule has 1 aliphatic heterocycles. The van der Waals surface area contributed by atoms with Crippen molar-refractivity contribution in [2.75, 3.05) is 32.6 Å². The van der Waals surface area contributed by atoms with Gasteiger partial charge in [-0.2, -0.15) is 11.8 Å². The van der Waals surface area contributed by atoms with Crippen LogP contribution in [0.25, 0.3) is 0 Å². The second-order valence-electron chi connectivity index (χ2n) is 7.06. The highest BCUT2D eigenvalue weighted by Gasteiger charge is 2.31. The first-order chi connectivity index (χ1) is 11.0. The van der Waals surface area contributed by atoms with Crippen LogP contribution in [0.5, 0.6) is 0 Å². The maximum atomic E-state index is 5.52. The summed E-state index contributed by atoms with van der Waals surface area (Å²) in [7, 11) is 0. The summed E-state index contributed by atoms with van der Waals surface area (Å²) in [6, 6.07) is 0.464. The Labute approximate surface area is 147 Å². The van der Waals surface area contributed by atoms with Crippen LogP contribution in [-0.2, 0) is 4.74 Å². The Morgan fingerprint density at radius 2 is 1.91 bits per heavy atom. The summed E-state index contributed by atoms with van der Waals surface area (Å²) < 4.78 is 5.77. The highest BCUT2D eigenvalue weighted by molar-refractivity contribution is 8.00. The Morgan fingerprint density at radius 3 is 2.48 bits per heavy atom. The lowest BCUT2D eigenvalue weighted by atomic mass is 9.99. The summed E-state index contributed by atoms with van der Waals surface area (Å²) in [6.45, 7) is 12.5. The zero-order chi connectivity index (χ0) is 17.1. The Bertz CT molecular complexity index is 341. The molecule has 136 valence electrons. The van der Waals surface area contributed by atoms with Gasteiger partial charge in [0.15, 0.2) is 5.96 Å². The quantitative estimate of drug-likeness (QED) is 0.495. The van der Waals surface area contributed by atoms with E-state index in [-0.39, 0.29) is 4.75 Å². The fraction of sp³-hybridized carbons (Fsp3) is 0.944. The molecule has 1 rings (SSSR count). The topological polar surface area (TPSA) is 45.7 Å². The number of rotatable bonds is 9. The first-order valence-electron chi connectivity index (χ1n) is 9.19. The van der Waals surface area contributed by atoms with Crippen LogP contribution >= 0.6 is 11.8 Å². The molecule has 1 unspecified atom stereocenters. The van der Waals surface area contributed by atoms with Gasteiger partial charge in [-0.15, -0.1) is 0 Å². The third-order valence-electron chi connectivity index (χ3n) is 4.51. The monoisotopic (exact) mass is 343 g/mol. The maximum absolute atomic E-state index is 5.52. The molecule has 5 heteroatoms. The average molecular weight is 344 g/mol. The number of nitrogens with one attached hydrogen (secondary N) is 2. The Morgan fingerprint density at radius 1 is 1.22 bits per heavy atom. The van der Waals surface area contributed by atoms with Crippen molar-refractivity contribution in [2.24, 2.45) is 10.9 Å². The molecule has 1 saturated heterocycles. The maximum Gasteiger partial charge on any atom is 0.191 e. The standard InChI is InChI=1S/C18H37N3OS/c1-6-19-17(21-16(4)9-7-8-15(2)3)20-14-18(23-5)10-12-22-13-11-18/h15-16H,6-14H2,1-5H3,(H2,19,20,21). The summed E-state index contributed by atoms with van der Waals surface area (Å²) in [6.07, 6.45) is 8.18. The number of guanidine groups is 1. The molecule has 0 aromatic rings. The molecule has 1 aliphatic rings. The fourth-order valence-electron chi connectivity index (χ4n) is 2.85. The van der Waals surface area contributed by atoms with Crippen LogP contribution in [0, 0.1) is 5.92 Å². The van der Waals surface area contributed by atoms with Crippen LogP contribution in [0.2, 0.25) is 0 Å². The lowest BCUT2D eigenvalue weighted by Gasteiger charge is -2.34. The normalized spacial score (nSPS) is 19.7. The predicted molar refractivity (Wildman–Crippen MR) is 104 cm³/mol. The van der Waals surface area contributed by atoms with Gasteiger partial charge in [0.2, 0.25) is 0 Å². The van der Waals surface area contributed by atoms with Gasteiger partial charge in [-0.05, 0) is 45.3 Å². The molecule has 1 fully saturated rings. The van der Waals surface area contributed by atoms with E-state index in [4.69, 9.17) is 9.73 Å². The van der Waals surface area contributed by atoms with Crippen molar-refractivity contribution in [3.05, 3.63) is 0 Å². The van der Waals surface area contributed by atoms with E-state index in [0.29, 0.717) is 6.04 Å². The van der Waals surface area contributed by atoms with Gasteiger partial charge in [0.05, 0.1) is 6.54 Å². The van der Waals surface area contributed by atoms with E-state index < -0.39 is 0 Å². The van der Waals surface area contributed by atoms with Crippen molar-refractivity contribution in [1.29, 1.82) is 0 Å². The molecule has 0 aliphatic carbocycles. The molecule has 0 saturated carbocycles. The van der Waals surface area contributed by atoms with Gasteiger partial charge < -0.3 is 15.4 Å². The molecular weight excluding hydrogens is 306 g/mol. The van der Waals surface area contributed by atoms with Crippen LogP contribution < -0.4 is 10.6 Å². The second kappa shape index (κ2) is 11.2. The number of aliphatic imine (C=N–C) groups is 1. The van der Waals surface area contributed by atoms with Crippen molar-refractivity contribution in [3.8, 4) is 0 Å². The minimum atomic E-state index is 0.251. The first-order valence-corrected chi connectivity index (χ1v) is 10.4. The smallest absolute Gasteiger partial charge is 0.191 e. The van der Waals surface area contributed by atoms with Gasteiger partial charge in [-0.1, -0.05) is 26.7 Å². The summed E-state index contributed by atoms with van der Waals surface area (Å²) >= 11 is 1.95. The van der Waals surface area contributed by atoms with Gasteiger partial charge in [-0.25, -0.2) is 0 Å². The van der Waals surface area contributed by atoms with Gasteiger partial charge in [0.25, 0.3) is 0 Å². The number of nitrogens with zero attached hydrogens (tertiary/aromatic N) is 1. The number of hydrogen-bond acceptors (Lipinski definition) is 3. The second-order valence-corrected chi connectivity index (χ2v) is 8.34. The zero-order valence-electron chi connectivity index (χ0n) is 15.8. The van der Waals surface area contributed by atoms with E-state index in [1.54, 1.807) is 0 Å². The summed E-state index contributed by atoms with van der Waals surface area (Å²) in [5.74, 6) is 1.75. The van der Waals surface area contributed by atoms with E-state index in [0.717, 1.165) is 51.0 Å². The van der Waals surface area contributed by atoms with Crippen LogP contribution in [-0.4, -0.2) is 49.3 Å². The van der Waals surface area contributed by atoms with E-state index >= 15 is 0 Å². The minimum absolute atomic E-state index is 0.251. The lowest BCUT2D eigenvalue weighted by molar-refractivity contribution is 0.0794. The van der Waals surface area contributed by atoms with Gasteiger partial charge in [0, 0.05) is 30.5 Å². The van der Waals surface area contributed by atoms with E-state index in [1.165, 1.54) is 19.3 Å². The minimum Gasteiger partial charge on any atom is -0.381 e. The van der Waals surface area contributed by atoms with Crippen LogP contribution in [0.1, 0.15) is 59.8 Å². The predicted octanol–water partition coefficient (Wildman–Crippen LogP) is 3.67. The molecule has 2 N–H and O–H groups in total. The molecular formula is C18H37N3OS. The lowest BCUT2D eigenvalue weighted by Crippen LogP contribution is -2.44. The molecule has 0 aromatic heterocycles. The number of ether oxygens (including phenoxy) is 1. The number of hydrogen-bond donors (Lipinski definition) is 2. The van der Waals surface area contributed by atoms with E-state index in [1.807, 2.05) is 11.8 Å². The summed E-state index contributed by atoms with van der Waals surface area (Å²) in [5, 5.41) is 6.96. The average Bonchev–Trinajstić information content (AvgIpc) is 2.53. The third kappa shape index (κ3) is 8.30. The van der Waals surface area contributed by atoms with Crippen LogP contribution in [0.3, 0.4) is 0 Å². The number of thioether (sulfide) groups is 1. The summed E-state index contributed by atoms with van der Waals surface area (Å²) in [4.78, 5) is 4.88. The van der Waals surface area contributed by atoms with Gasteiger partial charge in [0.1, 0.15) is 0 Å². The third-order valence-corrected chi connectivity index (χ3v) is 5.91. The first kappa shape index (κ1) is 20.6. The Balaban J connectivity index is 2.51. The fourth-order valence-corrected chi connectivity index (χ4v) is 3.62. The van der Waals surface area contributed by atoms with Crippen molar-refractivity contribution in [3.63, 3.8) is 0 Å². The molecule has 1 atom stereocenters. The van der Waals surface area contributed by atoms with Crippen LogP contribution in [0.4, 0.5) is 0 Å². The zero-order valence-corrected chi connectivity index (χ0v) is 16.6. The van der Waals surface area contributed by atoms with Crippen molar-refractivity contribution in [1.82, 2.24) is 10.6 Å². The SMILES string of the molecule is CCNC(=NCC1(SC)CCOCC1)NC(C)CCCC(C)C. The van der Waals surface area contributed by atoms with Crippen molar-refractivity contribution < 1.29 is 4.74 Å². The molecule has 4 nitrogen and oxygen atoms in total. The molecule has 0 aromatic carbocycles. The Kier molecular flexibility index (Phi) is 10.0. The molecule has 0 radical (unpaired) electrons. The molecule has 0 amide bonds. The highest BCUT2D eigenvalue weighted by Crippen LogP contribution is 2.33. The molecule has 0 spiro atoms. The van der Waals surface area contributed by atoms with Gasteiger partial charge in [-0.3, -0.25) is 4.99 Å². The summed E-state index contributed by atoms with van der Waals surface area (Å²) in [5.41, 5.74) is 0. The van der Waals surface area contributed by atoms with Crippen LogP contribution in [0.15, 0.2) is 4.99 Å². The molecule has 23 heavy (non-hydrogen) atoms. The molecule has 0 bridgehead atoms. The molecule has 1 heterocycles. The van der Waals surface area contributed by atoms with Crippen molar-refractivity contribution in [2.45, 2.75) is 70.6 Å². The van der Waals surface area contributed by atoms with E-state index in [9.17, 15) is 0 Å². The van der Waals surface area contributed by atoms with Gasteiger partial charge >= 0.3 is 0 Å². The van der Waals surface area contributed by atoms with E-state index in [2.05, 4.69) is 44.6 Å².